The summed E-state index contributed by atoms with van der Waals surface area (Å²) in [5.74, 6) is 0.656. The van der Waals surface area contributed by atoms with Crippen molar-refractivity contribution in [2.75, 3.05) is 18.0 Å². The fourth-order valence-corrected chi connectivity index (χ4v) is 3.42. The molecule has 3 rings (SSSR count). The van der Waals surface area contributed by atoms with Crippen molar-refractivity contribution >= 4 is 23.4 Å². The molecule has 108 valence electrons. The molecule has 0 aromatic heterocycles. The summed E-state index contributed by atoms with van der Waals surface area (Å²) in [6, 6.07) is 16.0. The summed E-state index contributed by atoms with van der Waals surface area (Å²) in [6.45, 7) is 1.54. The number of amides is 1. The number of rotatable bonds is 3. The predicted molar refractivity (Wildman–Crippen MR) is 87.1 cm³/mol. The first-order valence-electron chi connectivity index (χ1n) is 7.05. The molecule has 0 atom stereocenters. The van der Waals surface area contributed by atoms with Crippen LogP contribution in [0.4, 0.5) is 5.69 Å². The van der Waals surface area contributed by atoms with E-state index in [0.717, 1.165) is 30.1 Å². The largest absolute Gasteiger partial charge is 0.399 e. The van der Waals surface area contributed by atoms with E-state index >= 15 is 0 Å². The summed E-state index contributed by atoms with van der Waals surface area (Å²) in [4.78, 5) is 15.3. The first-order chi connectivity index (χ1) is 10.2. The second-order valence-electron chi connectivity index (χ2n) is 5.20. The Labute approximate surface area is 129 Å². The molecule has 3 nitrogen and oxygen atoms in total. The third-order valence-corrected chi connectivity index (χ3v) is 4.68. The number of hydrogen-bond acceptors (Lipinski definition) is 3. The standard InChI is InChI=1S/C17H18N2OS/c18-15-6-3-7-16(10-15)21-12-17(20)19-9-8-13-4-1-2-5-14(13)11-19/h1-7,10H,8-9,11-12,18H2. The zero-order valence-electron chi connectivity index (χ0n) is 11.8. The Balaban J connectivity index is 1.59. The number of hydrogen-bond donors (Lipinski definition) is 1. The number of thioether (sulfide) groups is 1. The van der Waals surface area contributed by atoms with E-state index in [1.54, 1.807) is 11.8 Å². The third-order valence-electron chi connectivity index (χ3n) is 3.70. The van der Waals surface area contributed by atoms with Crippen molar-refractivity contribution in [2.24, 2.45) is 0 Å². The molecule has 1 aliphatic rings. The zero-order chi connectivity index (χ0) is 14.7. The van der Waals surface area contributed by atoms with Gasteiger partial charge in [-0.3, -0.25) is 4.79 Å². The fourth-order valence-electron chi connectivity index (χ4n) is 2.55. The van der Waals surface area contributed by atoms with Crippen LogP contribution in [0.3, 0.4) is 0 Å². The van der Waals surface area contributed by atoms with Gasteiger partial charge in [-0.2, -0.15) is 0 Å². The Morgan fingerprint density at radius 2 is 1.95 bits per heavy atom. The molecule has 21 heavy (non-hydrogen) atoms. The second-order valence-corrected chi connectivity index (χ2v) is 6.24. The molecular weight excluding hydrogens is 280 g/mol. The molecule has 4 heteroatoms. The van der Waals surface area contributed by atoms with Gasteiger partial charge in [0.05, 0.1) is 5.75 Å². The van der Waals surface area contributed by atoms with Gasteiger partial charge in [0.1, 0.15) is 0 Å². The van der Waals surface area contributed by atoms with E-state index in [1.165, 1.54) is 11.1 Å². The van der Waals surface area contributed by atoms with Gasteiger partial charge in [0.25, 0.3) is 0 Å². The molecule has 2 aromatic rings. The molecule has 0 fully saturated rings. The predicted octanol–water partition coefficient (Wildman–Crippen LogP) is 2.95. The lowest BCUT2D eigenvalue weighted by atomic mass is 10.00. The maximum absolute atomic E-state index is 12.3. The van der Waals surface area contributed by atoms with Crippen molar-refractivity contribution in [3.05, 3.63) is 59.7 Å². The minimum Gasteiger partial charge on any atom is -0.399 e. The van der Waals surface area contributed by atoms with E-state index in [0.29, 0.717) is 5.75 Å². The number of nitrogens with two attached hydrogens (primary N) is 1. The number of fused-ring (bicyclic) bond motifs is 1. The van der Waals surface area contributed by atoms with E-state index in [-0.39, 0.29) is 5.91 Å². The Kier molecular flexibility index (Phi) is 4.15. The number of carbonyl (C=O) groups excluding carboxylic acids is 1. The third kappa shape index (κ3) is 3.39. The van der Waals surface area contributed by atoms with Gasteiger partial charge in [-0.1, -0.05) is 30.3 Å². The minimum absolute atomic E-state index is 0.192. The lowest BCUT2D eigenvalue weighted by Crippen LogP contribution is -2.37. The molecule has 0 unspecified atom stereocenters. The van der Waals surface area contributed by atoms with Crippen LogP contribution in [-0.2, 0) is 17.8 Å². The summed E-state index contributed by atoms with van der Waals surface area (Å²) in [5, 5.41) is 0. The molecule has 0 radical (unpaired) electrons. The number of carbonyl (C=O) groups is 1. The van der Waals surface area contributed by atoms with Crippen molar-refractivity contribution in [3.8, 4) is 0 Å². The SMILES string of the molecule is Nc1cccc(SCC(=O)N2CCc3ccccc3C2)c1. The molecule has 1 aliphatic heterocycles. The Morgan fingerprint density at radius 3 is 2.76 bits per heavy atom. The number of nitrogen functional groups attached to an aromatic ring is 1. The molecule has 0 saturated heterocycles. The lowest BCUT2D eigenvalue weighted by molar-refractivity contribution is -0.129. The van der Waals surface area contributed by atoms with Crippen LogP contribution in [0.1, 0.15) is 11.1 Å². The summed E-state index contributed by atoms with van der Waals surface area (Å²) < 4.78 is 0. The smallest absolute Gasteiger partial charge is 0.233 e. The van der Waals surface area contributed by atoms with Crippen LogP contribution in [-0.4, -0.2) is 23.1 Å². The van der Waals surface area contributed by atoms with E-state index in [1.807, 2.05) is 35.2 Å². The maximum atomic E-state index is 12.3. The zero-order valence-corrected chi connectivity index (χ0v) is 12.6. The van der Waals surface area contributed by atoms with Gasteiger partial charge in [-0.25, -0.2) is 0 Å². The van der Waals surface area contributed by atoms with Crippen LogP contribution in [0.25, 0.3) is 0 Å². The first kappa shape index (κ1) is 14.0. The second kappa shape index (κ2) is 6.22. The topological polar surface area (TPSA) is 46.3 Å². The highest BCUT2D eigenvalue weighted by atomic mass is 32.2. The van der Waals surface area contributed by atoms with Crippen molar-refractivity contribution in [1.82, 2.24) is 4.90 Å². The summed E-state index contributed by atoms with van der Waals surface area (Å²) in [6.07, 6.45) is 0.949. The van der Waals surface area contributed by atoms with Gasteiger partial charge in [0, 0.05) is 23.7 Å². The van der Waals surface area contributed by atoms with Gasteiger partial charge < -0.3 is 10.6 Å². The molecular formula is C17H18N2OS. The van der Waals surface area contributed by atoms with Gasteiger partial charge in [-0.05, 0) is 35.7 Å². The van der Waals surface area contributed by atoms with Gasteiger partial charge in [0.2, 0.25) is 5.91 Å². The normalized spacial score (nSPS) is 13.8. The van der Waals surface area contributed by atoms with E-state index in [4.69, 9.17) is 5.73 Å². The molecule has 1 amide bonds. The van der Waals surface area contributed by atoms with Gasteiger partial charge in [0.15, 0.2) is 0 Å². The minimum atomic E-state index is 0.192. The highest BCUT2D eigenvalue weighted by molar-refractivity contribution is 8.00. The highest BCUT2D eigenvalue weighted by Gasteiger charge is 2.20. The van der Waals surface area contributed by atoms with Crippen LogP contribution in [0, 0.1) is 0 Å². The molecule has 0 aliphatic carbocycles. The first-order valence-corrected chi connectivity index (χ1v) is 8.04. The summed E-state index contributed by atoms with van der Waals surface area (Å²) >= 11 is 1.55. The van der Waals surface area contributed by atoms with Crippen molar-refractivity contribution < 1.29 is 4.79 Å². The van der Waals surface area contributed by atoms with Crippen LogP contribution in [0.2, 0.25) is 0 Å². The molecule has 2 aromatic carbocycles. The Hall–Kier alpha value is -1.94. The number of nitrogens with zero attached hydrogens (tertiary/aromatic N) is 1. The van der Waals surface area contributed by atoms with Crippen LogP contribution >= 0.6 is 11.8 Å². The van der Waals surface area contributed by atoms with Crippen molar-refractivity contribution in [1.29, 1.82) is 0 Å². The van der Waals surface area contributed by atoms with Crippen molar-refractivity contribution in [2.45, 2.75) is 17.9 Å². The van der Waals surface area contributed by atoms with Crippen LogP contribution in [0.5, 0.6) is 0 Å². The fraction of sp³-hybridized carbons (Fsp3) is 0.235. The molecule has 0 spiro atoms. The average molecular weight is 298 g/mol. The Morgan fingerprint density at radius 1 is 1.14 bits per heavy atom. The monoisotopic (exact) mass is 298 g/mol. The highest BCUT2D eigenvalue weighted by Crippen LogP contribution is 2.23. The Bertz CT molecular complexity index is 657. The van der Waals surface area contributed by atoms with E-state index < -0.39 is 0 Å². The molecule has 0 saturated carbocycles. The van der Waals surface area contributed by atoms with Gasteiger partial charge >= 0.3 is 0 Å². The summed E-state index contributed by atoms with van der Waals surface area (Å²) in [5.41, 5.74) is 9.12. The maximum Gasteiger partial charge on any atom is 0.233 e. The molecule has 2 N–H and O–H groups in total. The van der Waals surface area contributed by atoms with Crippen LogP contribution < -0.4 is 5.73 Å². The summed E-state index contributed by atoms with van der Waals surface area (Å²) in [7, 11) is 0. The molecule has 0 bridgehead atoms. The number of benzene rings is 2. The van der Waals surface area contributed by atoms with Crippen LogP contribution in [0.15, 0.2) is 53.4 Å². The van der Waals surface area contributed by atoms with E-state index in [2.05, 4.69) is 18.2 Å². The van der Waals surface area contributed by atoms with E-state index in [9.17, 15) is 4.79 Å². The molecule has 1 heterocycles. The lowest BCUT2D eigenvalue weighted by Gasteiger charge is -2.28. The average Bonchev–Trinajstić information content (AvgIpc) is 2.52. The number of anilines is 1. The van der Waals surface area contributed by atoms with Crippen molar-refractivity contribution in [3.63, 3.8) is 0 Å². The quantitative estimate of drug-likeness (QED) is 0.700. The van der Waals surface area contributed by atoms with Gasteiger partial charge in [-0.15, -0.1) is 11.8 Å².